The van der Waals surface area contributed by atoms with Crippen LogP contribution in [-0.2, 0) is 0 Å². The average Bonchev–Trinajstić information content (AvgIpc) is 3.09. The van der Waals surface area contributed by atoms with Gasteiger partial charge in [-0.15, -0.1) is 0 Å². The van der Waals surface area contributed by atoms with Crippen LogP contribution < -0.4 is 0 Å². The predicted octanol–water partition coefficient (Wildman–Crippen LogP) is 3.93. The van der Waals surface area contributed by atoms with Crippen molar-refractivity contribution in [3.63, 3.8) is 0 Å². The molecular weight excluding hydrogens is 272 g/mol. The maximum atomic E-state index is 4.82. The minimum absolute atomic E-state index is 0.933. The summed E-state index contributed by atoms with van der Waals surface area (Å²) in [5.41, 5.74) is 6.02. The summed E-state index contributed by atoms with van der Waals surface area (Å²) in [5, 5.41) is 1.06. The summed E-state index contributed by atoms with van der Waals surface area (Å²) >= 11 is 0. The van der Waals surface area contributed by atoms with Crippen molar-refractivity contribution in [3.8, 4) is 0 Å². The molecule has 0 aliphatic rings. The van der Waals surface area contributed by atoms with Gasteiger partial charge in [-0.25, -0.2) is 9.97 Å². The van der Waals surface area contributed by atoms with E-state index >= 15 is 0 Å². The van der Waals surface area contributed by atoms with Gasteiger partial charge in [0.1, 0.15) is 11.8 Å². The Morgan fingerprint density at radius 2 is 1.77 bits per heavy atom. The van der Waals surface area contributed by atoms with Crippen molar-refractivity contribution in [2.24, 2.45) is 0 Å². The van der Waals surface area contributed by atoms with Gasteiger partial charge in [0.2, 0.25) is 0 Å². The molecule has 22 heavy (non-hydrogen) atoms. The van der Waals surface area contributed by atoms with Crippen LogP contribution in [0, 0.1) is 0 Å². The lowest BCUT2D eigenvalue weighted by Crippen LogP contribution is -1.88. The molecule has 0 unspecified atom stereocenters. The van der Waals surface area contributed by atoms with Gasteiger partial charge in [-0.1, -0.05) is 24.8 Å². The molecular formula is C18H12N4. The van der Waals surface area contributed by atoms with Gasteiger partial charge in [0, 0.05) is 6.20 Å². The van der Waals surface area contributed by atoms with Gasteiger partial charge in [0.05, 0.1) is 27.6 Å². The molecule has 0 radical (unpaired) electrons. The van der Waals surface area contributed by atoms with Crippen molar-refractivity contribution < 1.29 is 0 Å². The Morgan fingerprint density at radius 1 is 0.955 bits per heavy atom. The molecule has 4 aromatic heterocycles. The highest BCUT2D eigenvalue weighted by Crippen LogP contribution is 2.30. The van der Waals surface area contributed by atoms with Gasteiger partial charge >= 0.3 is 0 Å². The van der Waals surface area contributed by atoms with Crippen LogP contribution in [0.5, 0.6) is 0 Å². The summed E-state index contributed by atoms with van der Waals surface area (Å²) in [6.45, 7) is 3.94. The summed E-state index contributed by atoms with van der Waals surface area (Å²) in [5.74, 6) is 0. The Balaban J connectivity index is 2.15. The maximum Gasteiger partial charge on any atom is 0.150 e. The standard InChI is InChI=1S/C18H12N4/c1-2-13-17-16(15-9-5-6-10-21(13)15)18-20-12-7-3-4-8-14(12)22(18)11-19-17/h2-11H,1H2. The molecule has 104 valence electrons. The third-order valence-electron chi connectivity index (χ3n) is 4.17. The molecule has 4 heterocycles. The number of aromatic nitrogens is 4. The Labute approximate surface area is 126 Å². The molecule has 0 saturated heterocycles. The second kappa shape index (κ2) is 3.95. The highest BCUT2D eigenvalue weighted by Gasteiger charge is 2.16. The monoisotopic (exact) mass is 284 g/mol. The Hall–Kier alpha value is -3.14. The summed E-state index contributed by atoms with van der Waals surface area (Å²) < 4.78 is 4.17. The summed E-state index contributed by atoms with van der Waals surface area (Å²) in [7, 11) is 0. The lowest BCUT2D eigenvalue weighted by molar-refractivity contribution is 1.15. The minimum atomic E-state index is 0.933. The van der Waals surface area contributed by atoms with Crippen LogP contribution in [0.15, 0.2) is 61.6 Å². The fraction of sp³-hybridized carbons (Fsp3) is 0. The first kappa shape index (κ1) is 11.5. The molecule has 0 amide bonds. The van der Waals surface area contributed by atoms with Crippen LogP contribution in [0.2, 0.25) is 0 Å². The second-order valence-electron chi connectivity index (χ2n) is 5.31. The fourth-order valence-electron chi connectivity index (χ4n) is 3.22. The molecule has 4 nitrogen and oxygen atoms in total. The molecule has 0 aliphatic heterocycles. The van der Waals surface area contributed by atoms with E-state index in [1.54, 1.807) is 0 Å². The second-order valence-corrected chi connectivity index (χ2v) is 5.31. The first-order valence-corrected chi connectivity index (χ1v) is 7.15. The number of benzene rings is 1. The smallest absolute Gasteiger partial charge is 0.150 e. The molecule has 5 aromatic rings. The van der Waals surface area contributed by atoms with E-state index in [0.717, 1.165) is 38.8 Å². The topological polar surface area (TPSA) is 34.6 Å². The number of pyridine rings is 1. The van der Waals surface area contributed by atoms with E-state index in [2.05, 4.69) is 32.5 Å². The van der Waals surface area contributed by atoms with Gasteiger partial charge in [-0.3, -0.25) is 4.40 Å². The number of nitrogens with zero attached hydrogens (tertiary/aromatic N) is 4. The SMILES string of the molecule is C=Cc1c2ncn3c4ccccc4nc3c2c2ccccn12. The molecule has 0 bridgehead atoms. The molecule has 0 saturated carbocycles. The van der Waals surface area contributed by atoms with E-state index in [1.807, 2.05) is 48.9 Å². The molecule has 0 aliphatic carbocycles. The molecule has 0 spiro atoms. The predicted molar refractivity (Wildman–Crippen MR) is 89.0 cm³/mol. The molecule has 0 atom stereocenters. The third-order valence-corrected chi connectivity index (χ3v) is 4.17. The van der Waals surface area contributed by atoms with Crippen LogP contribution in [0.3, 0.4) is 0 Å². The zero-order chi connectivity index (χ0) is 14.7. The number of para-hydroxylation sites is 2. The number of hydrogen-bond acceptors (Lipinski definition) is 2. The van der Waals surface area contributed by atoms with Crippen molar-refractivity contribution in [2.45, 2.75) is 0 Å². The highest BCUT2D eigenvalue weighted by atomic mass is 15.1. The van der Waals surface area contributed by atoms with E-state index in [-0.39, 0.29) is 0 Å². The Morgan fingerprint density at radius 3 is 2.68 bits per heavy atom. The highest BCUT2D eigenvalue weighted by molar-refractivity contribution is 6.09. The molecule has 0 fully saturated rings. The van der Waals surface area contributed by atoms with E-state index in [9.17, 15) is 0 Å². The van der Waals surface area contributed by atoms with Crippen LogP contribution in [0.4, 0.5) is 0 Å². The van der Waals surface area contributed by atoms with Gasteiger partial charge in [0.15, 0.2) is 5.65 Å². The van der Waals surface area contributed by atoms with Gasteiger partial charge < -0.3 is 4.40 Å². The van der Waals surface area contributed by atoms with E-state index in [0.29, 0.717) is 0 Å². The number of rotatable bonds is 1. The third kappa shape index (κ3) is 1.27. The van der Waals surface area contributed by atoms with E-state index < -0.39 is 0 Å². The zero-order valence-corrected chi connectivity index (χ0v) is 11.8. The zero-order valence-electron chi connectivity index (χ0n) is 11.8. The lowest BCUT2D eigenvalue weighted by atomic mass is 10.2. The van der Waals surface area contributed by atoms with Gasteiger partial charge in [0.25, 0.3) is 0 Å². The lowest BCUT2D eigenvalue weighted by Gasteiger charge is -1.96. The summed E-state index contributed by atoms with van der Waals surface area (Å²) in [4.78, 5) is 9.49. The van der Waals surface area contributed by atoms with Crippen LogP contribution in [-0.4, -0.2) is 18.8 Å². The largest absolute Gasteiger partial charge is 0.314 e. The van der Waals surface area contributed by atoms with Crippen molar-refractivity contribution in [2.75, 3.05) is 0 Å². The number of fused-ring (bicyclic) bond motifs is 7. The Kier molecular flexibility index (Phi) is 2.07. The number of imidazole rings is 1. The van der Waals surface area contributed by atoms with Crippen molar-refractivity contribution in [1.82, 2.24) is 18.8 Å². The minimum Gasteiger partial charge on any atom is -0.314 e. The fourth-order valence-corrected chi connectivity index (χ4v) is 3.22. The van der Waals surface area contributed by atoms with Crippen LogP contribution >= 0.6 is 0 Å². The number of hydrogen-bond donors (Lipinski definition) is 0. The van der Waals surface area contributed by atoms with Crippen molar-refractivity contribution >= 4 is 39.2 Å². The van der Waals surface area contributed by atoms with Crippen LogP contribution in [0.1, 0.15) is 5.69 Å². The molecule has 5 rings (SSSR count). The molecule has 0 N–H and O–H groups in total. The van der Waals surface area contributed by atoms with E-state index in [4.69, 9.17) is 4.98 Å². The maximum absolute atomic E-state index is 4.82. The van der Waals surface area contributed by atoms with E-state index in [1.165, 1.54) is 0 Å². The molecule has 4 heteroatoms. The van der Waals surface area contributed by atoms with Gasteiger partial charge in [-0.2, -0.15) is 0 Å². The summed E-state index contributed by atoms with van der Waals surface area (Å²) in [6, 6.07) is 14.3. The van der Waals surface area contributed by atoms with Crippen LogP contribution in [0.25, 0.3) is 39.2 Å². The Bertz CT molecular complexity index is 1190. The first-order chi connectivity index (χ1) is 10.9. The first-order valence-electron chi connectivity index (χ1n) is 7.15. The van der Waals surface area contributed by atoms with Crippen molar-refractivity contribution in [3.05, 3.63) is 67.3 Å². The van der Waals surface area contributed by atoms with Gasteiger partial charge in [-0.05, 0) is 30.3 Å². The van der Waals surface area contributed by atoms with Crippen molar-refractivity contribution in [1.29, 1.82) is 0 Å². The normalized spacial score (nSPS) is 11.8. The summed E-state index contributed by atoms with van der Waals surface area (Å²) in [6.07, 6.45) is 5.73. The average molecular weight is 284 g/mol. The molecule has 1 aromatic carbocycles. The quantitative estimate of drug-likeness (QED) is 0.467.